The third kappa shape index (κ3) is 3.96. The Kier molecular flexibility index (Phi) is 4.58. The van der Waals surface area contributed by atoms with Crippen LogP contribution in [-0.2, 0) is 6.18 Å². The number of hydrogen-bond acceptors (Lipinski definition) is 3. The first-order chi connectivity index (χ1) is 8.72. The summed E-state index contributed by atoms with van der Waals surface area (Å²) in [5, 5.41) is 15.9. The zero-order chi connectivity index (χ0) is 14.7. The van der Waals surface area contributed by atoms with Crippen LogP contribution in [0.15, 0.2) is 12.4 Å². The van der Waals surface area contributed by atoms with Gasteiger partial charge in [0.1, 0.15) is 5.54 Å². The minimum absolute atomic E-state index is 0.306. The number of nitriles is 1. The minimum atomic E-state index is -4.39. The topological polar surface area (TPSA) is 53.6 Å². The van der Waals surface area contributed by atoms with E-state index >= 15 is 0 Å². The first kappa shape index (κ1) is 15.5. The number of aromatic nitrogens is 2. The number of rotatable bonds is 5. The molecule has 0 saturated heterocycles. The van der Waals surface area contributed by atoms with Crippen molar-refractivity contribution in [3.8, 4) is 6.07 Å². The van der Waals surface area contributed by atoms with Crippen LogP contribution < -0.4 is 5.32 Å². The molecule has 0 aromatic carbocycles. The number of nitrogens with one attached hydrogen (secondary N) is 1. The molecule has 1 aromatic rings. The summed E-state index contributed by atoms with van der Waals surface area (Å²) in [4.78, 5) is 0. The summed E-state index contributed by atoms with van der Waals surface area (Å²) in [5.74, 6) is 0. The Morgan fingerprint density at radius 2 is 2.16 bits per heavy atom. The van der Waals surface area contributed by atoms with Crippen molar-refractivity contribution >= 4 is 0 Å². The molecule has 1 aromatic heterocycles. The van der Waals surface area contributed by atoms with Gasteiger partial charge < -0.3 is 0 Å². The van der Waals surface area contributed by atoms with Gasteiger partial charge in [0.2, 0.25) is 0 Å². The Hall–Kier alpha value is -1.55. The second-order valence-electron chi connectivity index (χ2n) is 4.73. The van der Waals surface area contributed by atoms with E-state index in [1.54, 1.807) is 13.8 Å². The van der Waals surface area contributed by atoms with Gasteiger partial charge in [0.25, 0.3) is 0 Å². The smallest absolute Gasteiger partial charge is 0.300 e. The fourth-order valence-corrected chi connectivity index (χ4v) is 1.96. The van der Waals surface area contributed by atoms with E-state index in [1.165, 1.54) is 4.68 Å². The average Bonchev–Trinajstić information content (AvgIpc) is 2.78. The molecule has 0 aliphatic carbocycles. The van der Waals surface area contributed by atoms with E-state index in [-0.39, 0.29) is 6.04 Å². The largest absolute Gasteiger partial charge is 0.419 e. The summed E-state index contributed by atoms with van der Waals surface area (Å²) in [6, 6.07) is 1.84. The molecule has 0 bridgehead atoms. The Morgan fingerprint density at radius 3 is 2.58 bits per heavy atom. The second kappa shape index (κ2) is 5.61. The van der Waals surface area contributed by atoms with Gasteiger partial charge in [-0.2, -0.15) is 23.5 Å². The van der Waals surface area contributed by atoms with Gasteiger partial charge >= 0.3 is 6.18 Å². The fourth-order valence-electron chi connectivity index (χ4n) is 1.96. The fraction of sp³-hybridized carbons (Fsp3) is 0.667. The summed E-state index contributed by atoms with van der Waals surface area (Å²) in [6.45, 7) is 5.95. The van der Waals surface area contributed by atoms with E-state index in [0.29, 0.717) is 13.0 Å². The molecule has 4 nitrogen and oxygen atoms in total. The highest BCUT2D eigenvalue weighted by Crippen LogP contribution is 2.30. The highest BCUT2D eigenvalue weighted by molar-refractivity contribution is 5.10. The first-order valence-electron chi connectivity index (χ1n) is 5.99. The van der Waals surface area contributed by atoms with Crippen molar-refractivity contribution in [2.45, 2.75) is 44.9 Å². The average molecular weight is 274 g/mol. The van der Waals surface area contributed by atoms with Gasteiger partial charge in [0.15, 0.2) is 0 Å². The van der Waals surface area contributed by atoms with Crippen LogP contribution in [0.1, 0.15) is 38.8 Å². The maximum absolute atomic E-state index is 12.5. The molecule has 1 heterocycles. The van der Waals surface area contributed by atoms with Gasteiger partial charge in [-0.3, -0.25) is 10.00 Å². The molecular weight excluding hydrogens is 257 g/mol. The molecule has 0 amide bonds. The van der Waals surface area contributed by atoms with Crippen molar-refractivity contribution in [3.63, 3.8) is 0 Å². The molecule has 1 N–H and O–H groups in total. The molecule has 0 saturated carbocycles. The zero-order valence-corrected chi connectivity index (χ0v) is 11.1. The summed E-state index contributed by atoms with van der Waals surface area (Å²) in [5.41, 5.74) is -1.56. The second-order valence-corrected chi connectivity index (χ2v) is 4.73. The quantitative estimate of drug-likeness (QED) is 0.898. The molecule has 0 aliphatic rings. The number of nitrogens with zero attached hydrogens (tertiary/aromatic N) is 3. The SMILES string of the molecule is CCNC(C)(C#N)CC(C)n1cc(C(F)(F)F)cn1. The monoisotopic (exact) mass is 274 g/mol. The minimum Gasteiger partial charge on any atom is -0.300 e. The molecule has 19 heavy (non-hydrogen) atoms. The standard InChI is InChI=1S/C12H17F3N4/c1-4-17-11(3,8-16)5-9(2)19-7-10(6-18-19)12(13,14)15/h6-7,9,17H,4-5H2,1-3H3. The third-order valence-corrected chi connectivity index (χ3v) is 2.90. The number of alkyl halides is 3. The van der Waals surface area contributed by atoms with E-state index in [2.05, 4.69) is 16.5 Å². The van der Waals surface area contributed by atoms with Crippen LogP contribution in [-0.4, -0.2) is 21.9 Å². The lowest BCUT2D eigenvalue weighted by molar-refractivity contribution is -0.137. The van der Waals surface area contributed by atoms with Gasteiger partial charge in [-0.15, -0.1) is 0 Å². The molecule has 2 atom stereocenters. The Bertz CT molecular complexity index is 460. The Balaban J connectivity index is 2.81. The molecule has 2 unspecified atom stereocenters. The van der Waals surface area contributed by atoms with Crippen LogP contribution in [0.3, 0.4) is 0 Å². The summed E-state index contributed by atoms with van der Waals surface area (Å²) < 4.78 is 38.7. The van der Waals surface area contributed by atoms with Crippen molar-refractivity contribution in [2.75, 3.05) is 6.54 Å². The van der Waals surface area contributed by atoms with E-state index in [0.717, 1.165) is 12.4 Å². The van der Waals surface area contributed by atoms with Gasteiger partial charge in [-0.05, 0) is 20.4 Å². The van der Waals surface area contributed by atoms with Crippen molar-refractivity contribution in [1.82, 2.24) is 15.1 Å². The first-order valence-corrected chi connectivity index (χ1v) is 5.99. The number of hydrogen-bond donors (Lipinski definition) is 1. The lowest BCUT2D eigenvalue weighted by atomic mass is 9.95. The maximum atomic E-state index is 12.5. The van der Waals surface area contributed by atoms with Crippen molar-refractivity contribution in [3.05, 3.63) is 18.0 Å². The van der Waals surface area contributed by atoms with Crippen molar-refractivity contribution in [1.29, 1.82) is 5.26 Å². The normalized spacial score (nSPS) is 16.7. The predicted octanol–water partition coefficient (Wildman–Crippen LogP) is 2.74. The van der Waals surface area contributed by atoms with E-state index in [9.17, 15) is 13.2 Å². The molecule has 0 spiro atoms. The molecule has 106 valence electrons. The van der Waals surface area contributed by atoms with Crippen LogP contribution in [0.25, 0.3) is 0 Å². The summed E-state index contributed by atoms with van der Waals surface area (Å²) >= 11 is 0. The van der Waals surface area contributed by atoms with E-state index in [1.807, 2.05) is 6.92 Å². The van der Waals surface area contributed by atoms with E-state index in [4.69, 9.17) is 5.26 Å². The lowest BCUT2D eigenvalue weighted by Crippen LogP contribution is -2.42. The molecular formula is C12H17F3N4. The highest BCUT2D eigenvalue weighted by Gasteiger charge is 2.33. The highest BCUT2D eigenvalue weighted by atomic mass is 19.4. The van der Waals surface area contributed by atoms with Crippen LogP contribution >= 0.6 is 0 Å². The molecule has 0 fully saturated rings. The Labute approximate surface area is 110 Å². The van der Waals surface area contributed by atoms with Gasteiger partial charge in [0, 0.05) is 12.6 Å². The van der Waals surface area contributed by atoms with Gasteiger partial charge in [0.05, 0.1) is 23.9 Å². The van der Waals surface area contributed by atoms with Crippen LogP contribution in [0.2, 0.25) is 0 Å². The molecule has 7 heteroatoms. The molecule has 1 rings (SSSR count). The maximum Gasteiger partial charge on any atom is 0.419 e. The molecule has 0 radical (unpaired) electrons. The predicted molar refractivity (Wildman–Crippen MR) is 64.3 cm³/mol. The van der Waals surface area contributed by atoms with Crippen LogP contribution in [0.4, 0.5) is 13.2 Å². The van der Waals surface area contributed by atoms with Crippen molar-refractivity contribution < 1.29 is 13.2 Å². The molecule has 0 aliphatic heterocycles. The third-order valence-electron chi connectivity index (χ3n) is 2.90. The lowest BCUT2D eigenvalue weighted by Gasteiger charge is -2.26. The van der Waals surface area contributed by atoms with Crippen molar-refractivity contribution in [2.24, 2.45) is 0 Å². The summed E-state index contributed by atoms with van der Waals surface area (Å²) in [6.07, 6.45) is -2.25. The van der Waals surface area contributed by atoms with Crippen LogP contribution in [0, 0.1) is 11.3 Å². The zero-order valence-electron chi connectivity index (χ0n) is 11.1. The van der Waals surface area contributed by atoms with Gasteiger partial charge in [-0.25, -0.2) is 0 Å². The summed E-state index contributed by atoms with van der Waals surface area (Å²) in [7, 11) is 0. The van der Waals surface area contributed by atoms with E-state index < -0.39 is 17.3 Å². The Morgan fingerprint density at radius 1 is 1.53 bits per heavy atom. The van der Waals surface area contributed by atoms with Crippen LogP contribution in [0.5, 0.6) is 0 Å². The number of halogens is 3. The van der Waals surface area contributed by atoms with Gasteiger partial charge in [-0.1, -0.05) is 6.92 Å².